The molecule has 1 aromatic carbocycles. The average molecular weight is 398 g/mol. The summed E-state index contributed by atoms with van der Waals surface area (Å²) in [5.74, 6) is 0.722. The first-order chi connectivity index (χ1) is 14.1. The van der Waals surface area contributed by atoms with Crippen molar-refractivity contribution < 1.29 is 19.1 Å². The second-order valence-corrected chi connectivity index (χ2v) is 6.64. The van der Waals surface area contributed by atoms with Crippen molar-refractivity contribution in [2.24, 2.45) is 0 Å². The molecule has 2 heterocycles. The molecule has 1 aromatic heterocycles. The summed E-state index contributed by atoms with van der Waals surface area (Å²) in [5, 5.41) is 3.29. The Labute approximate surface area is 170 Å². The Hall–Kier alpha value is -3.29. The van der Waals surface area contributed by atoms with E-state index in [0.717, 1.165) is 17.0 Å². The van der Waals surface area contributed by atoms with Gasteiger partial charge in [-0.1, -0.05) is 12.1 Å². The fourth-order valence-electron chi connectivity index (χ4n) is 3.09. The molecule has 0 spiro atoms. The van der Waals surface area contributed by atoms with Crippen LogP contribution in [0.25, 0.3) is 0 Å². The highest BCUT2D eigenvalue weighted by Crippen LogP contribution is 2.16. The predicted molar refractivity (Wildman–Crippen MR) is 109 cm³/mol. The van der Waals surface area contributed by atoms with Gasteiger partial charge in [-0.05, 0) is 30.7 Å². The number of nitrogens with zero attached hydrogens (tertiary/aromatic N) is 3. The maximum absolute atomic E-state index is 12.8. The molecule has 0 radical (unpaired) electrons. The third-order valence-electron chi connectivity index (χ3n) is 4.73. The zero-order valence-corrected chi connectivity index (χ0v) is 16.8. The first-order valence-electron chi connectivity index (χ1n) is 9.63. The maximum atomic E-state index is 12.8. The third-order valence-corrected chi connectivity index (χ3v) is 4.73. The van der Waals surface area contributed by atoms with Crippen LogP contribution >= 0.6 is 0 Å². The number of rotatable bonds is 6. The monoisotopic (exact) mass is 398 g/mol. The largest absolute Gasteiger partial charge is 0.497 e. The van der Waals surface area contributed by atoms with Crippen molar-refractivity contribution in [3.8, 4) is 5.75 Å². The molecule has 0 aliphatic carbocycles. The molecule has 2 amide bonds. The molecule has 0 unspecified atom stereocenters. The standard InChI is InChI=1S/C21H26N4O4/c1-3-29-21(27)25-10-8-24(9-11-25)20(26)17-12-18(15-22-14-17)23-13-16-4-6-19(28-2)7-5-16/h4-7,12,14-15,23H,3,8-11,13H2,1-2H3. The summed E-state index contributed by atoms with van der Waals surface area (Å²) in [6.45, 7) is 4.62. The summed E-state index contributed by atoms with van der Waals surface area (Å²) in [4.78, 5) is 32.2. The van der Waals surface area contributed by atoms with Crippen LogP contribution in [0.4, 0.5) is 10.5 Å². The number of aromatic nitrogens is 1. The Morgan fingerprint density at radius 3 is 2.41 bits per heavy atom. The number of carbonyl (C=O) groups excluding carboxylic acids is 2. The topological polar surface area (TPSA) is 84.0 Å². The Morgan fingerprint density at radius 1 is 1.07 bits per heavy atom. The fourth-order valence-corrected chi connectivity index (χ4v) is 3.09. The summed E-state index contributed by atoms with van der Waals surface area (Å²) in [5.41, 5.74) is 2.39. The van der Waals surface area contributed by atoms with Crippen LogP contribution in [0.5, 0.6) is 5.75 Å². The van der Waals surface area contributed by atoms with E-state index < -0.39 is 0 Å². The number of hydrogen-bond acceptors (Lipinski definition) is 6. The molecule has 0 saturated carbocycles. The zero-order chi connectivity index (χ0) is 20.6. The van der Waals surface area contributed by atoms with Gasteiger partial charge in [0.15, 0.2) is 0 Å². The van der Waals surface area contributed by atoms with E-state index in [1.54, 1.807) is 42.3 Å². The Morgan fingerprint density at radius 2 is 1.76 bits per heavy atom. The van der Waals surface area contributed by atoms with Gasteiger partial charge in [-0.25, -0.2) is 4.79 Å². The van der Waals surface area contributed by atoms with Crippen LogP contribution in [0.2, 0.25) is 0 Å². The number of amides is 2. The van der Waals surface area contributed by atoms with Gasteiger partial charge in [0.25, 0.3) is 5.91 Å². The van der Waals surface area contributed by atoms with Crippen LogP contribution in [-0.4, -0.2) is 66.7 Å². The van der Waals surface area contributed by atoms with Crippen LogP contribution in [0, 0.1) is 0 Å². The molecule has 29 heavy (non-hydrogen) atoms. The van der Waals surface area contributed by atoms with Crippen LogP contribution < -0.4 is 10.1 Å². The van der Waals surface area contributed by atoms with Crippen molar-refractivity contribution in [2.75, 3.05) is 45.2 Å². The second-order valence-electron chi connectivity index (χ2n) is 6.64. The van der Waals surface area contributed by atoms with Crippen LogP contribution in [0.15, 0.2) is 42.7 Å². The lowest BCUT2D eigenvalue weighted by atomic mass is 10.2. The Bertz CT molecular complexity index is 833. The van der Waals surface area contributed by atoms with Gasteiger partial charge in [-0.15, -0.1) is 0 Å². The predicted octanol–water partition coefficient (Wildman–Crippen LogP) is 2.62. The summed E-state index contributed by atoms with van der Waals surface area (Å²) in [6.07, 6.45) is 2.93. The van der Waals surface area contributed by atoms with Gasteiger partial charge in [0, 0.05) is 45.1 Å². The molecule has 154 valence electrons. The molecule has 1 aliphatic rings. The minimum absolute atomic E-state index is 0.0888. The SMILES string of the molecule is CCOC(=O)N1CCN(C(=O)c2cncc(NCc3ccc(OC)cc3)c2)CC1. The second kappa shape index (κ2) is 9.77. The van der Waals surface area contributed by atoms with Crippen LogP contribution in [0.1, 0.15) is 22.8 Å². The number of hydrogen-bond donors (Lipinski definition) is 1. The summed E-state index contributed by atoms with van der Waals surface area (Å²) >= 11 is 0. The molecule has 0 atom stereocenters. The number of nitrogens with one attached hydrogen (secondary N) is 1. The quantitative estimate of drug-likeness (QED) is 0.805. The van der Waals surface area contributed by atoms with Gasteiger partial charge in [-0.3, -0.25) is 9.78 Å². The van der Waals surface area contributed by atoms with E-state index in [1.807, 2.05) is 24.3 Å². The fraction of sp³-hybridized carbons (Fsp3) is 0.381. The van der Waals surface area contributed by atoms with Gasteiger partial charge >= 0.3 is 6.09 Å². The van der Waals surface area contributed by atoms with Crippen LogP contribution in [0.3, 0.4) is 0 Å². The zero-order valence-electron chi connectivity index (χ0n) is 16.8. The third kappa shape index (κ3) is 5.37. The normalized spacial score (nSPS) is 13.7. The molecule has 2 aromatic rings. The number of pyridine rings is 1. The number of anilines is 1. The molecule has 8 heteroatoms. The van der Waals surface area contributed by atoms with Crippen molar-refractivity contribution in [3.63, 3.8) is 0 Å². The number of piperazine rings is 1. The van der Waals surface area contributed by atoms with Crippen molar-refractivity contribution in [3.05, 3.63) is 53.9 Å². The minimum atomic E-state index is -0.328. The number of carbonyl (C=O) groups is 2. The lowest BCUT2D eigenvalue weighted by Gasteiger charge is -2.34. The molecule has 1 saturated heterocycles. The van der Waals surface area contributed by atoms with E-state index in [-0.39, 0.29) is 12.0 Å². The molecule has 1 aliphatic heterocycles. The smallest absolute Gasteiger partial charge is 0.409 e. The van der Waals surface area contributed by atoms with Crippen LogP contribution in [-0.2, 0) is 11.3 Å². The van der Waals surface area contributed by atoms with Crippen molar-refractivity contribution in [2.45, 2.75) is 13.5 Å². The lowest BCUT2D eigenvalue weighted by molar-refractivity contribution is 0.0570. The molecular formula is C21H26N4O4. The molecule has 1 N–H and O–H groups in total. The molecule has 0 bridgehead atoms. The number of benzene rings is 1. The highest BCUT2D eigenvalue weighted by molar-refractivity contribution is 5.95. The summed E-state index contributed by atoms with van der Waals surface area (Å²) < 4.78 is 10.2. The molecular weight excluding hydrogens is 372 g/mol. The van der Waals surface area contributed by atoms with E-state index in [9.17, 15) is 9.59 Å². The minimum Gasteiger partial charge on any atom is -0.497 e. The molecule has 3 rings (SSSR count). The van der Waals surface area contributed by atoms with Crippen molar-refractivity contribution in [1.82, 2.24) is 14.8 Å². The number of methoxy groups -OCH3 is 1. The van der Waals surface area contributed by atoms with Gasteiger partial charge in [-0.2, -0.15) is 0 Å². The first-order valence-corrected chi connectivity index (χ1v) is 9.63. The van der Waals surface area contributed by atoms with E-state index in [2.05, 4.69) is 10.3 Å². The molecule has 8 nitrogen and oxygen atoms in total. The van der Waals surface area contributed by atoms with E-state index in [4.69, 9.17) is 9.47 Å². The average Bonchev–Trinajstić information content (AvgIpc) is 2.78. The Kier molecular flexibility index (Phi) is 6.89. The summed E-state index contributed by atoms with van der Waals surface area (Å²) in [7, 11) is 1.64. The van der Waals surface area contributed by atoms with E-state index in [0.29, 0.717) is 44.9 Å². The highest BCUT2D eigenvalue weighted by atomic mass is 16.6. The number of ether oxygens (including phenoxy) is 2. The van der Waals surface area contributed by atoms with Crippen molar-refractivity contribution >= 4 is 17.7 Å². The van der Waals surface area contributed by atoms with Gasteiger partial charge in [0.1, 0.15) is 5.75 Å². The van der Waals surface area contributed by atoms with Gasteiger partial charge in [0.2, 0.25) is 0 Å². The highest BCUT2D eigenvalue weighted by Gasteiger charge is 2.25. The van der Waals surface area contributed by atoms with E-state index >= 15 is 0 Å². The maximum Gasteiger partial charge on any atom is 0.409 e. The van der Waals surface area contributed by atoms with Gasteiger partial charge in [0.05, 0.1) is 25.0 Å². The summed E-state index contributed by atoms with van der Waals surface area (Å²) in [6, 6.07) is 9.58. The van der Waals surface area contributed by atoms with Crippen molar-refractivity contribution in [1.29, 1.82) is 0 Å². The lowest BCUT2D eigenvalue weighted by Crippen LogP contribution is -2.50. The molecule has 1 fully saturated rings. The van der Waals surface area contributed by atoms with Gasteiger partial charge < -0.3 is 24.6 Å². The first kappa shape index (κ1) is 20.4. The Balaban J connectivity index is 1.56. The van der Waals surface area contributed by atoms with E-state index in [1.165, 1.54) is 0 Å².